The molecular formula is C17H28N2O. The van der Waals surface area contributed by atoms with E-state index in [4.69, 9.17) is 10.5 Å². The van der Waals surface area contributed by atoms with E-state index in [0.29, 0.717) is 12.0 Å². The Hall–Kier alpha value is -1.22. The zero-order chi connectivity index (χ0) is 14.5. The lowest BCUT2D eigenvalue weighted by Gasteiger charge is -2.22. The maximum absolute atomic E-state index is 6.20. The molecule has 0 spiro atoms. The van der Waals surface area contributed by atoms with Gasteiger partial charge in [0.1, 0.15) is 5.75 Å². The largest absolute Gasteiger partial charge is 0.494 e. The number of hydrogen-bond donors (Lipinski definition) is 1. The standard InChI is InChI=1S/C17H28N2O/c1-4-20-16-7-5-15(6-8-16)19-10-9-14(12-19)11-17(18)13(2)3/h5-8,13-14,17H,4,9-12,18H2,1-3H3. The number of ether oxygens (including phenoxy) is 1. The Balaban J connectivity index is 1.88. The van der Waals surface area contributed by atoms with Crippen molar-refractivity contribution >= 4 is 5.69 Å². The lowest BCUT2D eigenvalue weighted by molar-refractivity contribution is 0.340. The number of rotatable bonds is 6. The average molecular weight is 276 g/mol. The van der Waals surface area contributed by atoms with Crippen molar-refractivity contribution in [1.29, 1.82) is 0 Å². The molecule has 2 unspecified atom stereocenters. The second kappa shape index (κ2) is 6.98. The van der Waals surface area contributed by atoms with Crippen LogP contribution in [0.5, 0.6) is 5.75 Å². The van der Waals surface area contributed by atoms with E-state index in [1.54, 1.807) is 0 Å². The number of nitrogens with zero attached hydrogens (tertiary/aromatic N) is 1. The van der Waals surface area contributed by atoms with Gasteiger partial charge in [-0.2, -0.15) is 0 Å². The van der Waals surface area contributed by atoms with Gasteiger partial charge in [-0.1, -0.05) is 13.8 Å². The molecule has 0 aromatic heterocycles. The van der Waals surface area contributed by atoms with Crippen LogP contribution in [0.4, 0.5) is 5.69 Å². The maximum Gasteiger partial charge on any atom is 0.119 e. The first-order valence-corrected chi connectivity index (χ1v) is 7.83. The van der Waals surface area contributed by atoms with Crippen LogP contribution in [0.15, 0.2) is 24.3 Å². The lowest BCUT2D eigenvalue weighted by Crippen LogP contribution is -2.30. The summed E-state index contributed by atoms with van der Waals surface area (Å²) in [5.74, 6) is 2.27. The van der Waals surface area contributed by atoms with E-state index in [0.717, 1.165) is 37.8 Å². The SMILES string of the molecule is CCOc1ccc(N2CCC(CC(N)C(C)C)C2)cc1. The normalized spacial score (nSPS) is 20.4. The van der Waals surface area contributed by atoms with E-state index in [1.807, 2.05) is 6.92 Å². The van der Waals surface area contributed by atoms with Gasteiger partial charge in [-0.25, -0.2) is 0 Å². The fourth-order valence-electron chi connectivity index (χ4n) is 2.84. The van der Waals surface area contributed by atoms with E-state index >= 15 is 0 Å². The van der Waals surface area contributed by atoms with Crippen LogP contribution in [0.3, 0.4) is 0 Å². The van der Waals surface area contributed by atoms with Crippen molar-refractivity contribution in [3.05, 3.63) is 24.3 Å². The van der Waals surface area contributed by atoms with Crippen LogP contribution in [0.2, 0.25) is 0 Å². The number of hydrogen-bond acceptors (Lipinski definition) is 3. The van der Waals surface area contributed by atoms with Crippen LogP contribution in [0.25, 0.3) is 0 Å². The molecule has 1 heterocycles. The number of anilines is 1. The molecule has 1 saturated heterocycles. The van der Waals surface area contributed by atoms with Crippen LogP contribution in [0, 0.1) is 11.8 Å². The molecule has 0 saturated carbocycles. The van der Waals surface area contributed by atoms with Gasteiger partial charge >= 0.3 is 0 Å². The minimum absolute atomic E-state index is 0.334. The first-order chi connectivity index (χ1) is 9.60. The highest BCUT2D eigenvalue weighted by atomic mass is 16.5. The molecule has 1 aromatic rings. The van der Waals surface area contributed by atoms with Crippen LogP contribution >= 0.6 is 0 Å². The molecule has 0 aliphatic carbocycles. The van der Waals surface area contributed by atoms with Gasteiger partial charge in [-0.3, -0.25) is 0 Å². The highest BCUT2D eigenvalue weighted by Crippen LogP contribution is 2.28. The molecule has 1 aliphatic rings. The molecule has 3 nitrogen and oxygen atoms in total. The lowest BCUT2D eigenvalue weighted by atomic mass is 9.93. The Morgan fingerprint density at radius 1 is 1.30 bits per heavy atom. The first-order valence-electron chi connectivity index (χ1n) is 7.83. The summed E-state index contributed by atoms with van der Waals surface area (Å²) in [7, 11) is 0. The van der Waals surface area contributed by atoms with Gasteiger partial charge < -0.3 is 15.4 Å². The molecule has 2 rings (SSSR count). The first kappa shape index (κ1) is 15.2. The third-order valence-corrected chi connectivity index (χ3v) is 4.26. The molecule has 20 heavy (non-hydrogen) atoms. The highest BCUT2D eigenvalue weighted by molar-refractivity contribution is 5.49. The van der Waals surface area contributed by atoms with Crippen molar-refractivity contribution in [3.8, 4) is 5.75 Å². The van der Waals surface area contributed by atoms with Gasteiger partial charge in [-0.05, 0) is 55.9 Å². The second-order valence-electron chi connectivity index (χ2n) is 6.17. The van der Waals surface area contributed by atoms with Crippen molar-refractivity contribution in [3.63, 3.8) is 0 Å². The number of nitrogens with two attached hydrogens (primary N) is 1. The third kappa shape index (κ3) is 3.89. The van der Waals surface area contributed by atoms with Gasteiger partial charge in [0, 0.05) is 24.8 Å². The fraction of sp³-hybridized carbons (Fsp3) is 0.647. The van der Waals surface area contributed by atoms with Crippen molar-refractivity contribution in [1.82, 2.24) is 0 Å². The Morgan fingerprint density at radius 2 is 2.00 bits per heavy atom. The van der Waals surface area contributed by atoms with E-state index in [9.17, 15) is 0 Å². The molecule has 3 heteroatoms. The molecule has 0 amide bonds. The van der Waals surface area contributed by atoms with Gasteiger partial charge in [0.25, 0.3) is 0 Å². The van der Waals surface area contributed by atoms with Crippen LogP contribution < -0.4 is 15.4 Å². The average Bonchev–Trinajstić information content (AvgIpc) is 2.88. The predicted octanol–water partition coefficient (Wildman–Crippen LogP) is 3.29. The molecule has 112 valence electrons. The van der Waals surface area contributed by atoms with Crippen LogP contribution in [-0.2, 0) is 0 Å². The summed E-state index contributed by atoms with van der Waals surface area (Å²) in [5.41, 5.74) is 7.50. The molecule has 1 aromatic carbocycles. The maximum atomic E-state index is 6.20. The van der Waals surface area contributed by atoms with E-state index < -0.39 is 0 Å². The Bertz CT molecular complexity index is 402. The molecule has 1 aliphatic heterocycles. The van der Waals surface area contributed by atoms with Crippen molar-refractivity contribution in [2.24, 2.45) is 17.6 Å². The van der Waals surface area contributed by atoms with E-state index in [2.05, 4.69) is 43.0 Å². The smallest absolute Gasteiger partial charge is 0.119 e. The minimum atomic E-state index is 0.334. The zero-order valence-corrected chi connectivity index (χ0v) is 13.0. The molecule has 2 N–H and O–H groups in total. The molecular weight excluding hydrogens is 248 g/mol. The summed E-state index contributed by atoms with van der Waals surface area (Å²) < 4.78 is 5.49. The summed E-state index contributed by atoms with van der Waals surface area (Å²) in [6.07, 6.45) is 2.40. The Labute approximate surface area is 123 Å². The van der Waals surface area contributed by atoms with Gasteiger partial charge in [0.2, 0.25) is 0 Å². The van der Waals surface area contributed by atoms with Gasteiger partial charge in [0.15, 0.2) is 0 Å². The molecule has 0 bridgehead atoms. The summed E-state index contributed by atoms with van der Waals surface area (Å²) in [5, 5.41) is 0. The highest BCUT2D eigenvalue weighted by Gasteiger charge is 2.25. The summed E-state index contributed by atoms with van der Waals surface area (Å²) in [4.78, 5) is 2.47. The minimum Gasteiger partial charge on any atom is -0.494 e. The summed E-state index contributed by atoms with van der Waals surface area (Å²) in [6.45, 7) is 9.43. The summed E-state index contributed by atoms with van der Waals surface area (Å²) >= 11 is 0. The van der Waals surface area contributed by atoms with Crippen LogP contribution in [-0.4, -0.2) is 25.7 Å². The molecule has 2 atom stereocenters. The van der Waals surface area contributed by atoms with Gasteiger partial charge in [-0.15, -0.1) is 0 Å². The molecule has 1 fully saturated rings. The third-order valence-electron chi connectivity index (χ3n) is 4.26. The van der Waals surface area contributed by atoms with Crippen LogP contribution in [0.1, 0.15) is 33.6 Å². The van der Waals surface area contributed by atoms with Crippen molar-refractivity contribution in [2.45, 2.75) is 39.7 Å². The quantitative estimate of drug-likeness (QED) is 0.866. The predicted molar refractivity (Wildman–Crippen MR) is 85.4 cm³/mol. The monoisotopic (exact) mass is 276 g/mol. The van der Waals surface area contributed by atoms with Gasteiger partial charge in [0.05, 0.1) is 6.61 Å². The Kier molecular flexibility index (Phi) is 5.30. The topological polar surface area (TPSA) is 38.5 Å². The van der Waals surface area contributed by atoms with E-state index in [1.165, 1.54) is 12.1 Å². The Morgan fingerprint density at radius 3 is 2.60 bits per heavy atom. The van der Waals surface area contributed by atoms with Crippen molar-refractivity contribution in [2.75, 3.05) is 24.6 Å². The fourth-order valence-corrected chi connectivity index (χ4v) is 2.84. The van der Waals surface area contributed by atoms with Crippen molar-refractivity contribution < 1.29 is 4.74 Å². The second-order valence-corrected chi connectivity index (χ2v) is 6.17. The summed E-state index contributed by atoms with van der Waals surface area (Å²) in [6, 6.07) is 8.78. The molecule has 0 radical (unpaired) electrons. The zero-order valence-electron chi connectivity index (χ0n) is 13.0. The van der Waals surface area contributed by atoms with E-state index in [-0.39, 0.29) is 0 Å². The number of benzene rings is 1.